The Kier molecular flexibility index (Phi) is 54.5. The van der Waals surface area contributed by atoms with Crippen LogP contribution in [0, 0.1) is 0 Å². The summed E-state index contributed by atoms with van der Waals surface area (Å²) in [5.41, 5.74) is 0. The molecule has 3 aliphatic rings. The lowest BCUT2D eigenvalue weighted by Crippen LogP contribution is -2.69. The van der Waals surface area contributed by atoms with Gasteiger partial charge in [0.1, 0.15) is 98.7 Å². The number of rotatable bonds is 64. The topological polar surface area (TPSA) is 374 Å². The van der Waals surface area contributed by atoms with Crippen LogP contribution in [0.5, 0.6) is 0 Å². The molecule has 11 N–H and O–H groups in total. The van der Waals surface area contributed by atoms with Crippen LogP contribution in [0.25, 0.3) is 0 Å². The molecule has 3 fully saturated rings. The van der Waals surface area contributed by atoms with Crippen LogP contribution in [-0.2, 0) is 61.2 Å². The summed E-state index contributed by atoms with van der Waals surface area (Å²) in [6, 6.07) is 0. The first kappa shape index (κ1) is 94.6. The van der Waals surface area contributed by atoms with Gasteiger partial charge in [-0.3, -0.25) is 18.6 Å². The number of aliphatic hydroxyl groups is 10. The van der Waals surface area contributed by atoms with Gasteiger partial charge in [0, 0.05) is 18.9 Å². The number of hydrogen-bond acceptors (Lipinski definition) is 23. The van der Waals surface area contributed by atoms with Crippen LogP contribution in [-0.4, -0.2) is 204 Å². The molecule has 2 heterocycles. The van der Waals surface area contributed by atoms with Crippen LogP contribution in [0.2, 0.25) is 0 Å². The molecule has 25 heteroatoms. The number of allylic oxidation sites excluding steroid dienone is 3. The van der Waals surface area contributed by atoms with Crippen molar-refractivity contribution in [1.29, 1.82) is 0 Å². The summed E-state index contributed by atoms with van der Waals surface area (Å²) in [5.74, 6) is -2.23. The summed E-state index contributed by atoms with van der Waals surface area (Å²) in [6.45, 7) is 3.38. The average molecular weight is 1500 g/mol. The molecule has 1 aliphatic carbocycles. The van der Waals surface area contributed by atoms with Crippen molar-refractivity contribution in [3.63, 3.8) is 0 Å². The van der Waals surface area contributed by atoms with E-state index in [9.17, 15) is 74.9 Å². The van der Waals surface area contributed by atoms with Gasteiger partial charge in [0.25, 0.3) is 0 Å². The van der Waals surface area contributed by atoms with Crippen LogP contribution in [0.4, 0.5) is 0 Å². The number of carbonyl (C=O) groups excluding carboxylic acids is 3. The van der Waals surface area contributed by atoms with Crippen molar-refractivity contribution in [2.75, 3.05) is 26.4 Å². The van der Waals surface area contributed by atoms with Crippen molar-refractivity contribution in [3.05, 3.63) is 24.3 Å². The van der Waals surface area contributed by atoms with E-state index in [1.165, 1.54) is 192 Å². The zero-order chi connectivity index (χ0) is 75.3. The molecule has 24 nitrogen and oxygen atoms in total. The predicted octanol–water partition coefficient (Wildman–Crippen LogP) is 12.5. The van der Waals surface area contributed by atoms with Crippen LogP contribution in [0.1, 0.15) is 323 Å². The molecule has 604 valence electrons. The fourth-order valence-electron chi connectivity index (χ4n) is 13.5. The lowest BCUT2D eigenvalue weighted by atomic mass is 9.84. The molecule has 0 spiro atoms. The van der Waals surface area contributed by atoms with Crippen molar-refractivity contribution >= 4 is 25.7 Å². The number of unbranched alkanes of at least 4 members (excludes halogenated alkanes) is 42. The minimum atomic E-state index is -5.72. The minimum Gasteiger partial charge on any atom is -0.463 e. The van der Waals surface area contributed by atoms with Crippen molar-refractivity contribution in [3.8, 4) is 0 Å². The van der Waals surface area contributed by atoms with E-state index in [0.717, 1.165) is 96.0 Å². The number of esters is 3. The fraction of sp³-hybridized carbons (Fsp3) is 0.910. The summed E-state index contributed by atoms with van der Waals surface area (Å²) >= 11 is 0. The second-order valence-corrected chi connectivity index (χ2v) is 30.6. The number of phosphoric ester groups is 1. The Morgan fingerprint density at radius 3 is 1.15 bits per heavy atom. The molecule has 2 saturated heterocycles. The molecule has 0 radical (unpaired) electrons. The van der Waals surface area contributed by atoms with E-state index >= 15 is 0 Å². The second-order valence-electron chi connectivity index (χ2n) is 29.2. The van der Waals surface area contributed by atoms with Gasteiger partial charge in [-0.15, -0.1) is 0 Å². The highest BCUT2D eigenvalue weighted by Crippen LogP contribution is 2.49. The molecule has 2 aliphatic heterocycles. The number of phosphoric acid groups is 1. The van der Waals surface area contributed by atoms with Gasteiger partial charge in [-0.05, 0) is 25.7 Å². The molecule has 0 aromatic rings. The highest BCUT2D eigenvalue weighted by atomic mass is 31.2. The first-order chi connectivity index (χ1) is 49.8. The van der Waals surface area contributed by atoms with Gasteiger partial charge in [-0.25, -0.2) is 9.36 Å². The molecular weight excluding hydrogens is 1350 g/mol. The smallest absolute Gasteiger partial charge is 0.463 e. The maximum atomic E-state index is 14.4. The number of carbonyl (C=O) groups is 3. The maximum absolute atomic E-state index is 14.4. The Morgan fingerprint density at radius 1 is 0.398 bits per heavy atom. The first-order valence-corrected chi connectivity index (χ1v) is 42.2. The summed E-state index contributed by atoms with van der Waals surface area (Å²) < 4.78 is 65.0. The minimum absolute atomic E-state index is 0.0294. The van der Waals surface area contributed by atoms with E-state index in [2.05, 4.69) is 20.8 Å². The van der Waals surface area contributed by atoms with E-state index in [-0.39, 0.29) is 12.8 Å². The normalized spacial score (nSPS) is 27.0. The molecule has 18 unspecified atom stereocenters. The van der Waals surface area contributed by atoms with Crippen LogP contribution in [0.15, 0.2) is 24.3 Å². The number of aliphatic hydroxyl groups excluding tert-OH is 10. The third-order valence-corrected chi connectivity index (χ3v) is 21.1. The molecule has 103 heavy (non-hydrogen) atoms. The monoisotopic (exact) mass is 1490 g/mol. The summed E-state index contributed by atoms with van der Waals surface area (Å²) in [6.07, 6.45) is 22.8. The molecule has 18 atom stereocenters. The van der Waals surface area contributed by atoms with Crippen molar-refractivity contribution in [2.45, 2.75) is 427 Å². The van der Waals surface area contributed by atoms with Gasteiger partial charge < -0.3 is 89.1 Å². The molecule has 1 saturated carbocycles. The molecule has 0 aromatic heterocycles. The van der Waals surface area contributed by atoms with Crippen LogP contribution >= 0.6 is 7.82 Å². The summed E-state index contributed by atoms with van der Waals surface area (Å²) in [4.78, 5) is 51.0. The van der Waals surface area contributed by atoms with E-state index in [0.29, 0.717) is 12.8 Å². The average Bonchev–Trinajstić information content (AvgIpc) is 0.761. The second kappa shape index (κ2) is 59.3. The highest BCUT2D eigenvalue weighted by molar-refractivity contribution is 7.47. The van der Waals surface area contributed by atoms with Crippen molar-refractivity contribution in [2.24, 2.45) is 0 Å². The van der Waals surface area contributed by atoms with Crippen LogP contribution in [0.3, 0.4) is 0 Å². The Morgan fingerprint density at radius 2 is 0.748 bits per heavy atom. The maximum Gasteiger partial charge on any atom is 0.472 e. The fourth-order valence-corrected chi connectivity index (χ4v) is 14.5. The third-order valence-electron chi connectivity index (χ3n) is 20.1. The summed E-state index contributed by atoms with van der Waals surface area (Å²) in [5, 5.41) is 110. The third kappa shape index (κ3) is 41.7. The first-order valence-electron chi connectivity index (χ1n) is 40.7. The van der Waals surface area contributed by atoms with Gasteiger partial charge >= 0.3 is 25.7 Å². The SMILES string of the molecule is CCCCCCCCCCCCC/C=C/C=C/C(=O)OCC(COP(=O)(O)OC1C(OC2OC(CO)C(O)C(O)C2O)C(O)C(O)C(O)C1OC1OC(COC(=O)CCCCCCCCCCCCCCCCCC)C(O)C(O)C1O)OC(=O)CCCCCCCCCCCCCCCCCCC. The number of ether oxygens (including phenoxy) is 7. The van der Waals surface area contributed by atoms with Gasteiger partial charge in [0.05, 0.1) is 13.2 Å². The zero-order valence-corrected chi connectivity index (χ0v) is 64.3. The van der Waals surface area contributed by atoms with Gasteiger partial charge in [-0.1, -0.05) is 302 Å². The van der Waals surface area contributed by atoms with Gasteiger partial charge in [0.15, 0.2) is 18.7 Å². The van der Waals surface area contributed by atoms with Gasteiger partial charge in [0.2, 0.25) is 0 Å². The highest BCUT2D eigenvalue weighted by Gasteiger charge is 2.58. The Hall–Kier alpha value is -2.56. The summed E-state index contributed by atoms with van der Waals surface area (Å²) in [7, 11) is -5.72. The number of hydrogen-bond donors (Lipinski definition) is 11. The predicted molar refractivity (Wildman–Crippen MR) is 393 cm³/mol. The molecular formula is C78H143O24P. The lowest BCUT2D eigenvalue weighted by molar-refractivity contribution is -0.360. The van der Waals surface area contributed by atoms with E-state index < -0.39 is 156 Å². The zero-order valence-electron chi connectivity index (χ0n) is 63.4. The standard InChI is InChI=1S/C78H143O24P/c1-4-7-10-13-16-19-22-25-28-30-33-36-39-42-45-48-51-54-64(82)97-59(56-94-62(80)52-49-46-43-40-37-34-31-27-24-21-18-15-12-9-6-3)57-96-103(92,93)102-76-74(100-77-72(90)67(85)65(83)60(55-79)98-77)70(88)69(87)71(89)75(76)101-78-73(91)68(86)66(84)61(99-78)58-95-63(81)53-50-47-44-41-38-35-32-29-26-23-20-17-14-11-8-5-2/h43,46,49,52,59-61,65-79,83-91H,4-42,44-45,47-48,50-51,53-58H2,1-3H3,(H,92,93)/b46-43+,52-49+. The lowest BCUT2D eigenvalue weighted by Gasteiger charge is -2.49. The quantitative estimate of drug-likeness (QED) is 0.00673. The van der Waals surface area contributed by atoms with Crippen molar-refractivity contribution < 1.29 is 117 Å². The van der Waals surface area contributed by atoms with Crippen LogP contribution < -0.4 is 0 Å². The largest absolute Gasteiger partial charge is 0.472 e. The molecule has 0 aromatic carbocycles. The van der Waals surface area contributed by atoms with Gasteiger partial charge in [-0.2, -0.15) is 0 Å². The molecule has 3 rings (SSSR count). The Bertz CT molecular complexity index is 2210. The van der Waals surface area contributed by atoms with E-state index in [1.807, 2.05) is 6.08 Å². The molecule has 0 amide bonds. The van der Waals surface area contributed by atoms with Crippen molar-refractivity contribution in [1.82, 2.24) is 0 Å². The van der Waals surface area contributed by atoms with E-state index in [1.54, 1.807) is 6.08 Å². The Balaban J connectivity index is 1.71. The van der Waals surface area contributed by atoms with E-state index in [4.69, 9.17) is 42.2 Å². The molecule has 0 bridgehead atoms. The Labute approximate surface area is 617 Å².